The van der Waals surface area contributed by atoms with Gasteiger partial charge in [-0.15, -0.1) is 0 Å². The normalized spacial score (nSPS) is 12.4. The molecular weight excluding hydrogens is 356 g/mol. The maximum atomic E-state index is 13.3. The van der Waals surface area contributed by atoms with Gasteiger partial charge in [-0.05, 0) is 22.0 Å². The largest absolute Gasteiger partial charge is 0.280 e. The summed E-state index contributed by atoms with van der Waals surface area (Å²) in [4.78, 5) is 0. The standard InChI is InChI=1S/C8H8BrF2NO4S2/c1-17(13,14)4-18(15,16)12-8-3-6(10)5(9)2-7(8)11/h2-3,12H,4H2,1H3. The molecule has 0 amide bonds. The molecule has 0 spiro atoms. The van der Waals surface area contributed by atoms with E-state index in [1.807, 2.05) is 0 Å². The van der Waals surface area contributed by atoms with Crippen LogP contribution in [0.4, 0.5) is 14.5 Å². The van der Waals surface area contributed by atoms with Crippen molar-refractivity contribution in [2.45, 2.75) is 0 Å². The van der Waals surface area contributed by atoms with Crippen LogP contribution in [0.2, 0.25) is 0 Å². The van der Waals surface area contributed by atoms with E-state index in [9.17, 15) is 25.6 Å². The summed E-state index contributed by atoms with van der Waals surface area (Å²) in [5.41, 5.74) is -0.653. The lowest BCUT2D eigenvalue weighted by atomic mass is 10.3. The van der Waals surface area contributed by atoms with Gasteiger partial charge in [-0.1, -0.05) is 0 Å². The van der Waals surface area contributed by atoms with Gasteiger partial charge in [-0.25, -0.2) is 25.6 Å². The molecular formula is C8H8BrF2NO4S2. The first kappa shape index (κ1) is 15.3. The molecule has 10 heteroatoms. The quantitative estimate of drug-likeness (QED) is 0.821. The van der Waals surface area contributed by atoms with E-state index in [2.05, 4.69) is 15.9 Å². The zero-order valence-corrected chi connectivity index (χ0v) is 12.2. The van der Waals surface area contributed by atoms with Crippen molar-refractivity contribution < 1.29 is 25.6 Å². The van der Waals surface area contributed by atoms with E-state index >= 15 is 0 Å². The summed E-state index contributed by atoms with van der Waals surface area (Å²) >= 11 is 2.72. The number of halogens is 3. The maximum Gasteiger partial charge on any atom is 0.247 e. The lowest BCUT2D eigenvalue weighted by Gasteiger charge is -2.08. The predicted octanol–water partition coefficient (Wildman–Crippen LogP) is 1.47. The van der Waals surface area contributed by atoms with Crippen molar-refractivity contribution in [1.29, 1.82) is 0 Å². The second-order valence-electron chi connectivity index (χ2n) is 3.51. The highest BCUT2D eigenvalue weighted by Crippen LogP contribution is 2.24. The van der Waals surface area contributed by atoms with E-state index in [1.165, 1.54) is 0 Å². The monoisotopic (exact) mass is 363 g/mol. The van der Waals surface area contributed by atoms with E-state index < -0.39 is 42.3 Å². The molecule has 0 atom stereocenters. The molecule has 0 aliphatic heterocycles. The summed E-state index contributed by atoms with van der Waals surface area (Å²) in [6.07, 6.45) is 0.713. The summed E-state index contributed by atoms with van der Waals surface area (Å²) in [5.74, 6) is -1.91. The Balaban J connectivity index is 3.09. The number of sulfone groups is 1. The van der Waals surface area contributed by atoms with E-state index in [-0.39, 0.29) is 4.47 Å². The van der Waals surface area contributed by atoms with Gasteiger partial charge in [0.05, 0.1) is 10.2 Å². The first-order chi connectivity index (χ1) is 8.00. The number of hydrogen-bond acceptors (Lipinski definition) is 4. The Morgan fingerprint density at radius 3 is 2.22 bits per heavy atom. The maximum absolute atomic E-state index is 13.3. The Kier molecular flexibility index (Phi) is 4.34. The number of hydrogen-bond donors (Lipinski definition) is 1. The first-order valence-electron chi connectivity index (χ1n) is 4.33. The molecule has 0 heterocycles. The molecule has 0 unspecified atom stereocenters. The molecule has 0 radical (unpaired) electrons. The highest BCUT2D eigenvalue weighted by Gasteiger charge is 2.20. The molecule has 1 aromatic rings. The van der Waals surface area contributed by atoms with E-state index in [0.717, 1.165) is 6.07 Å². The number of nitrogens with one attached hydrogen (secondary N) is 1. The average Bonchev–Trinajstić information content (AvgIpc) is 2.09. The van der Waals surface area contributed by atoms with E-state index in [1.54, 1.807) is 4.72 Å². The third-order valence-electron chi connectivity index (χ3n) is 1.64. The summed E-state index contributed by atoms with van der Waals surface area (Å²) in [6.45, 7) is 0. The third-order valence-corrected chi connectivity index (χ3v) is 5.74. The van der Waals surface area contributed by atoms with Gasteiger partial charge in [0.25, 0.3) is 0 Å². The summed E-state index contributed by atoms with van der Waals surface area (Å²) < 4.78 is 72.4. The Morgan fingerprint density at radius 1 is 1.17 bits per heavy atom. The Morgan fingerprint density at radius 2 is 1.72 bits per heavy atom. The Hall–Kier alpha value is -0.740. The van der Waals surface area contributed by atoms with Gasteiger partial charge in [0.15, 0.2) is 14.9 Å². The van der Waals surface area contributed by atoms with Crippen LogP contribution in [0.5, 0.6) is 0 Å². The second kappa shape index (κ2) is 5.10. The first-order valence-corrected chi connectivity index (χ1v) is 8.83. The van der Waals surface area contributed by atoms with Crippen LogP contribution in [-0.4, -0.2) is 28.2 Å². The van der Waals surface area contributed by atoms with Crippen LogP contribution in [0.25, 0.3) is 0 Å². The molecule has 0 aromatic heterocycles. The zero-order valence-electron chi connectivity index (χ0n) is 8.95. The van der Waals surface area contributed by atoms with Crippen LogP contribution in [0.3, 0.4) is 0 Å². The molecule has 1 aromatic carbocycles. The Bertz CT molecular complexity index is 673. The molecule has 0 saturated carbocycles. The number of anilines is 1. The van der Waals surface area contributed by atoms with Crippen LogP contribution < -0.4 is 4.72 Å². The fourth-order valence-corrected chi connectivity index (χ4v) is 4.38. The molecule has 102 valence electrons. The van der Waals surface area contributed by atoms with Gasteiger partial charge < -0.3 is 0 Å². The van der Waals surface area contributed by atoms with Crippen LogP contribution in [0.1, 0.15) is 0 Å². The Labute approximate surface area is 111 Å². The number of benzene rings is 1. The molecule has 5 nitrogen and oxygen atoms in total. The minimum atomic E-state index is -4.30. The highest BCUT2D eigenvalue weighted by atomic mass is 79.9. The lowest BCUT2D eigenvalue weighted by Crippen LogP contribution is -2.22. The molecule has 0 bridgehead atoms. The molecule has 18 heavy (non-hydrogen) atoms. The lowest BCUT2D eigenvalue weighted by molar-refractivity contribution is 0.590. The minimum Gasteiger partial charge on any atom is -0.280 e. The van der Waals surface area contributed by atoms with Gasteiger partial charge in [-0.2, -0.15) is 0 Å². The summed E-state index contributed by atoms with van der Waals surface area (Å²) in [5, 5.41) is -1.21. The molecule has 1 rings (SSSR count). The van der Waals surface area contributed by atoms with Crippen molar-refractivity contribution >= 4 is 41.5 Å². The predicted molar refractivity (Wildman–Crippen MR) is 66.3 cm³/mol. The van der Waals surface area contributed by atoms with Gasteiger partial charge in [0, 0.05) is 12.3 Å². The molecule has 1 N–H and O–H groups in total. The zero-order chi connectivity index (χ0) is 14.1. The molecule has 0 saturated heterocycles. The number of rotatable bonds is 4. The topological polar surface area (TPSA) is 80.3 Å². The van der Waals surface area contributed by atoms with Crippen molar-refractivity contribution in [2.24, 2.45) is 0 Å². The summed E-state index contributed by atoms with van der Waals surface area (Å²) in [7, 11) is -8.11. The van der Waals surface area contributed by atoms with Gasteiger partial charge in [-0.3, -0.25) is 4.72 Å². The van der Waals surface area contributed by atoms with Crippen molar-refractivity contribution in [2.75, 3.05) is 16.1 Å². The van der Waals surface area contributed by atoms with Crippen molar-refractivity contribution in [1.82, 2.24) is 0 Å². The van der Waals surface area contributed by atoms with Gasteiger partial charge >= 0.3 is 0 Å². The second-order valence-corrected chi connectivity index (χ2v) is 8.59. The van der Waals surface area contributed by atoms with E-state index in [0.29, 0.717) is 12.3 Å². The van der Waals surface area contributed by atoms with Crippen molar-refractivity contribution in [3.05, 3.63) is 28.2 Å². The van der Waals surface area contributed by atoms with Crippen LogP contribution in [0, 0.1) is 11.6 Å². The highest BCUT2D eigenvalue weighted by molar-refractivity contribution is 9.10. The minimum absolute atomic E-state index is 0.175. The van der Waals surface area contributed by atoms with Gasteiger partial charge in [0.1, 0.15) is 11.6 Å². The van der Waals surface area contributed by atoms with Crippen molar-refractivity contribution in [3.8, 4) is 0 Å². The van der Waals surface area contributed by atoms with Crippen LogP contribution in [-0.2, 0) is 19.9 Å². The smallest absolute Gasteiger partial charge is 0.247 e. The SMILES string of the molecule is CS(=O)(=O)CS(=O)(=O)Nc1cc(F)c(Br)cc1F. The third kappa shape index (κ3) is 4.50. The fourth-order valence-electron chi connectivity index (χ4n) is 1.08. The van der Waals surface area contributed by atoms with E-state index in [4.69, 9.17) is 0 Å². The fraction of sp³-hybridized carbons (Fsp3) is 0.250. The summed E-state index contributed by atoms with van der Waals surface area (Å²) in [6, 6.07) is 1.34. The van der Waals surface area contributed by atoms with Gasteiger partial charge in [0.2, 0.25) is 10.0 Å². The van der Waals surface area contributed by atoms with Crippen LogP contribution >= 0.6 is 15.9 Å². The van der Waals surface area contributed by atoms with Crippen molar-refractivity contribution in [3.63, 3.8) is 0 Å². The van der Waals surface area contributed by atoms with Crippen LogP contribution in [0.15, 0.2) is 16.6 Å². The molecule has 0 fully saturated rings. The molecule has 0 aliphatic rings. The number of sulfonamides is 1. The molecule has 0 aliphatic carbocycles. The average molecular weight is 364 g/mol.